The third-order valence-corrected chi connectivity index (χ3v) is 3.15. The number of ether oxygens (including phenoxy) is 1. The van der Waals surface area contributed by atoms with Gasteiger partial charge in [-0.15, -0.1) is 5.11 Å². The van der Waals surface area contributed by atoms with Gasteiger partial charge in [-0.2, -0.15) is 5.11 Å². The minimum atomic E-state index is -0.0680. The van der Waals surface area contributed by atoms with Gasteiger partial charge < -0.3 is 4.74 Å². The largest absolute Gasteiger partial charge is 0.437 e. The molecule has 4 nitrogen and oxygen atoms in total. The van der Waals surface area contributed by atoms with Crippen LogP contribution in [0.1, 0.15) is 29.9 Å². The Morgan fingerprint density at radius 1 is 1.33 bits per heavy atom. The van der Waals surface area contributed by atoms with Gasteiger partial charge in [0.2, 0.25) is 5.88 Å². The second-order valence-electron chi connectivity index (χ2n) is 4.72. The van der Waals surface area contributed by atoms with Gasteiger partial charge in [-0.05, 0) is 36.8 Å². The number of para-hydroxylation sites is 1. The Kier molecular flexibility index (Phi) is 2.70. The van der Waals surface area contributed by atoms with Gasteiger partial charge in [0.25, 0.3) is 0 Å². The number of benzene rings is 1. The quantitative estimate of drug-likeness (QED) is 0.817. The van der Waals surface area contributed by atoms with Gasteiger partial charge in [-0.25, -0.2) is 0 Å². The summed E-state index contributed by atoms with van der Waals surface area (Å²) in [4.78, 5) is 11.3. The molecule has 0 saturated heterocycles. The molecule has 1 aromatic carbocycles. The summed E-state index contributed by atoms with van der Waals surface area (Å²) in [5.74, 6) is 1.65. The van der Waals surface area contributed by atoms with Crippen LogP contribution in [0.25, 0.3) is 0 Å². The number of carbonyl (C=O) groups is 1. The molecule has 1 aromatic rings. The predicted molar refractivity (Wildman–Crippen MR) is 66.6 cm³/mol. The highest BCUT2D eigenvalue weighted by Gasteiger charge is 2.28. The van der Waals surface area contributed by atoms with Gasteiger partial charge in [0.15, 0.2) is 5.78 Å². The maximum absolute atomic E-state index is 11.3. The second kappa shape index (κ2) is 4.37. The fourth-order valence-corrected chi connectivity index (χ4v) is 2.07. The lowest BCUT2D eigenvalue weighted by Gasteiger charge is -2.13. The van der Waals surface area contributed by atoms with E-state index >= 15 is 0 Å². The molecule has 0 bridgehead atoms. The molecule has 0 N–H and O–H groups in total. The number of hydrogen-bond acceptors (Lipinski definition) is 4. The number of rotatable bonds is 3. The molecule has 1 fully saturated rings. The zero-order valence-corrected chi connectivity index (χ0v) is 10.2. The van der Waals surface area contributed by atoms with Crippen molar-refractivity contribution in [2.75, 3.05) is 6.54 Å². The third kappa shape index (κ3) is 2.18. The van der Waals surface area contributed by atoms with Crippen LogP contribution in [0.5, 0.6) is 5.75 Å². The van der Waals surface area contributed by atoms with Gasteiger partial charge in [0, 0.05) is 6.08 Å². The molecule has 92 valence electrons. The number of aryl methyl sites for hydroxylation is 1. The molecule has 1 saturated carbocycles. The van der Waals surface area contributed by atoms with E-state index in [2.05, 4.69) is 16.3 Å². The number of ketones is 1. The molecule has 0 amide bonds. The standard InChI is InChI=1S/C14H14N2O2/c1-9-3-2-4-12(10-5-6-10)14(9)18-13-7-11(17)8-15-16-13/h2-4,7,10H,5-6,8H2,1H3. The van der Waals surface area contributed by atoms with Crippen molar-refractivity contribution in [1.29, 1.82) is 0 Å². The fraction of sp³-hybridized carbons (Fsp3) is 0.357. The van der Waals surface area contributed by atoms with E-state index in [1.807, 2.05) is 19.1 Å². The van der Waals surface area contributed by atoms with E-state index in [-0.39, 0.29) is 12.3 Å². The molecular formula is C14H14N2O2. The lowest BCUT2D eigenvalue weighted by Crippen LogP contribution is -2.07. The predicted octanol–water partition coefficient (Wildman–Crippen LogP) is 3.13. The van der Waals surface area contributed by atoms with Crippen LogP contribution >= 0.6 is 0 Å². The van der Waals surface area contributed by atoms with E-state index in [9.17, 15) is 4.79 Å². The molecule has 3 rings (SSSR count). The maximum Gasteiger partial charge on any atom is 0.242 e. The Labute approximate surface area is 105 Å². The first-order chi connectivity index (χ1) is 8.74. The first kappa shape index (κ1) is 11.1. The van der Waals surface area contributed by atoms with Crippen molar-refractivity contribution in [2.45, 2.75) is 25.7 Å². The van der Waals surface area contributed by atoms with Crippen molar-refractivity contribution in [2.24, 2.45) is 10.2 Å². The summed E-state index contributed by atoms with van der Waals surface area (Å²) < 4.78 is 5.77. The van der Waals surface area contributed by atoms with Crippen LogP contribution in [-0.2, 0) is 4.79 Å². The van der Waals surface area contributed by atoms with Crippen molar-refractivity contribution >= 4 is 5.78 Å². The van der Waals surface area contributed by atoms with Crippen LogP contribution in [0.2, 0.25) is 0 Å². The SMILES string of the molecule is Cc1cccc(C2CC2)c1OC1=CC(=O)CN=N1. The van der Waals surface area contributed by atoms with Crippen molar-refractivity contribution in [3.63, 3.8) is 0 Å². The van der Waals surface area contributed by atoms with Gasteiger partial charge in [0.05, 0.1) is 0 Å². The van der Waals surface area contributed by atoms with Gasteiger partial charge in [-0.1, -0.05) is 18.2 Å². The zero-order valence-electron chi connectivity index (χ0n) is 10.2. The van der Waals surface area contributed by atoms with Gasteiger partial charge in [0.1, 0.15) is 12.3 Å². The molecule has 0 aromatic heterocycles. The number of azo groups is 1. The average molecular weight is 242 g/mol. The molecule has 1 aliphatic carbocycles. The Morgan fingerprint density at radius 2 is 2.17 bits per heavy atom. The Morgan fingerprint density at radius 3 is 2.89 bits per heavy atom. The van der Waals surface area contributed by atoms with Crippen molar-refractivity contribution in [3.05, 3.63) is 41.3 Å². The fourth-order valence-electron chi connectivity index (χ4n) is 2.07. The normalized spacial score (nSPS) is 18.7. The highest BCUT2D eigenvalue weighted by molar-refractivity contribution is 5.92. The molecular weight excluding hydrogens is 228 g/mol. The molecule has 1 aliphatic heterocycles. The summed E-state index contributed by atoms with van der Waals surface area (Å²) in [6.45, 7) is 2.12. The Hall–Kier alpha value is -1.97. The van der Waals surface area contributed by atoms with Crippen molar-refractivity contribution in [1.82, 2.24) is 0 Å². The summed E-state index contributed by atoms with van der Waals surface area (Å²) in [5, 5.41) is 7.62. The summed E-state index contributed by atoms with van der Waals surface area (Å²) in [6, 6.07) is 6.13. The Bertz CT molecular complexity index is 557. The molecule has 18 heavy (non-hydrogen) atoms. The maximum atomic E-state index is 11.3. The number of carbonyl (C=O) groups excluding carboxylic acids is 1. The van der Waals surface area contributed by atoms with E-state index in [0.29, 0.717) is 11.8 Å². The van der Waals surface area contributed by atoms with E-state index < -0.39 is 0 Å². The van der Waals surface area contributed by atoms with Gasteiger partial charge in [-0.3, -0.25) is 4.79 Å². The van der Waals surface area contributed by atoms with E-state index in [0.717, 1.165) is 11.3 Å². The van der Waals surface area contributed by atoms with Crippen LogP contribution in [0, 0.1) is 6.92 Å². The summed E-state index contributed by atoms with van der Waals surface area (Å²) in [7, 11) is 0. The molecule has 0 spiro atoms. The second-order valence-corrected chi connectivity index (χ2v) is 4.72. The number of hydrogen-bond donors (Lipinski definition) is 0. The molecule has 4 heteroatoms. The van der Waals surface area contributed by atoms with Crippen LogP contribution in [0.4, 0.5) is 0 Å². The number of nitrogens with zero attached hydrogens (tertiary/aromatic N) is 2. The Balaban J connectivity index is 1.92. The smallest absolute Gasteiger partial charge is 0.242 e. The minimum Gasteiger partial charge on any atom is -0.437 e. The molecule has 0 unspecified atom stereocenters. The lowest BCUT2D eigenvalue weighted by atomic mass is 10.1. The van der Waals surface area contributed by atoms with Crippen LogP contribution in [-0.4, -0.2) is 12.3 Å². The topological polar surface area (TPSA) is 51.0 Å². The molecule has 0 atom stereocenters. The molecule has 0 radical (unpaired) electrons. The van der Waals surface area contributed by atoms with Gasteiger partial charge >= 0.3 is 0 Å². The average Bonchev–Trinajstić information content (AvgIpc) is 3.16. The minimum absolute atomic E-state index is 0.0680. The summed E-state index contributed by atoms with van der Waals surface area (Å²) >= 11 is 0. The van der Waals surface area contributed by atoms with E-state index in [1.54, 1.807) is 0 Å². The monoisotopic (exact) mass is 242 g/mol. The molecule has 1 heterocycles. The lowest BCUT2D eigenvalue weighted by molar-refractivity contribution is -0.113. The molecule has 2 aliphatic rings. The first-order valence-electron chi connectivity index (χ1n) is 6.13. The first-order valence-corrected chi connectivity index (χ1v) is 6.13. The van der Waals surface area contributed by atoms with Crippen molar-refractivity contribution < 1.29 is 9.53 Å². The highest BCUT2D eigenvalue weighted by Crippen LogP contribution is 2.45. The van der Waals surface area contributed by atoms with Crippen LogP contribution < -0.4 is 4.74 Å². The van der Waals surface area contributed by atoms with Crippen LogP contribution in [0.15, 0.2) is 40.4 Å². The summed E-state index contributed by atoms with van der Waals surface area (Å²) in [6.07, 6.45) is 3.83. The van der Waals surface area contributed by atoms with Crippen LogP contribution in [0.3, 0.4) is 0 Å². The van der Waals surface area contributed by atoms with Crippen molar-refractivity contribution in [3.8, 4) is 5.75 Å². The van der Waals surface area contributed by atoms with E-state index in [4.69, 9.17) is 4.74 Å². The summed E-state index contributed by atoms with van der Waals surface area (Å²) in [5.41, 5.74) is 2.28. The zero-order chi connectivity index (χ0) is 12.5. The highest BCUT2D eigenvalue weighted by atomic mass is 16.5. The van der Waals surface area contributed by atoms with E-state index in [1.165, 1.54) is 24.5 Å². The third-order valence-electron chi connectivity index (χ3n) is 3.15.